The summed E-state index contributed by atoms with van der Waals surface area (Å²) in [6.45, 7) is 3.38. The number of carbonyl (C=O) groups is 3. The molecular weight excluding hydrogens is 482 g/mol. The first-order chi connectivity index (χ1) is 17.4. The van der Waals surface area contributed by atoms with E-state index in [1.54, 1.807) is 92.7 Å². The van der Waals surface area contributed by atoms with Gasteiger partial charge in [-0.2, -0.15) is 0 Å². The summed E-state index contributed by atoms with van der Waals surface area (Å²) in [6.07, 6.45) is 0. The summed E-state index contributed by atoms with van der Waals surface area (Å²) >= 11 is 6.11. The van der Waals surface area contributed by atoms with Crippen LogP contribution in [0.2, 0.25) is 5.02 Å². The van der Waals surface area contributed by atoms with E-state index in [1.165, 1.54) is 4.90 Å². The van der Waals surface area contributed by atoms with Crippen molar-refractivity contribution in [2.24, 2.45) is 0 Å². The molecule has 0 aromatic heterocycles. The Bertz CT molecular complexity index is 1200. The molecule has 1 saturated heterocycles. The van der Waals surface area contributed by atoms with Gasteiger partial charge in [-0.25, -0.2) is 14.4 Å². The Labute approximate surface area is 214 Å². The Kier molecular flexibility index (Phi) is 7.60. The molecule has 1 aliphatic heterocycles. The molecule has 2 unspecified atom stereocenters. The summed E-state index contributed by atoms with van der Waals surface area (Å²) in [5.41, 5.74) is -0.941. The summed E-state index contributed by atoms with van der Waals surface area (Å²) in [7, 11) is 0. The number of rotatable bonds is 8. The minimum Gasteiger partial charge on any atom is -0.464 e. The highest BCUT2D eigenvalue weighted by atomic mass is 35.5. The van der Waals surface area contributed by atoms with Crippen LogP contribution < -0.4 is 9.64 Å². The molecule has 186 valence electrons. The van der Waals surface area contributed by atoms with Crippen molar-refractivity contribution >= 4 is 35.2 Å². The van der Waals surface area contributed by atoms with E-state index in [-0.39, 0.29) is 13.2 Å². The Balaban J connectivity index is 1.92. The number of esters is 3. The molecule has 1 aliphatic rings. The second-order valence-corrected chi connectivity index (χ2v) is 8.56. The van der Waals surface area contributed by atoms with Crippen molar-refractivity contribution in [3.63, 3.8) is 0 Å². The van der Waals surface area contributed by atoms with Gasteiger partial charge in [-0.1, -0.05) is 60.1 Å². The van der Waals surface area contributed by atoms with E-state index in [9.17, 15) is 14.4 Å². The lowest BCUT2D eigenvalue weighted by atomic mass is 9.63. The van der Waals surface area contributed by atoms with E-state index in [0.717, 1.165) is 0 Å². The maximum atomic E-state index is 13.7. The topological polar surface area (TPSA) is 82.1 Å². The van der Waals surface area contributed by atoms with Gasteiger partial charge in [0.05, 0.1) is 19.1 Å². The number of benzene rings is 3. The fourth-order valence-electron chi connectivity index (χ4n) is 4.64. The third-order valence-corrected chi connectivity index (χ3v) is 6.32. The number of hydrogen-bond donors (Lipinski definition) is 0. The van der Waals surface area contributed by atoms with Gasteiger partial charge in [0.2, 0.25) is 5.54 Å². The molecule has 1 fully saturated rings. The lowest BCUT2D eigenvalue weighted by molar-refractivity contribution is -0.173. The molecule has 0 aliphatic carbocycles. The monoisotopic (exact) mass is 507 g/mol. The quantitative estimate of drug-likeness (QED) is 0.246. The Morgan fingerprint density at radius 2 is 1.33 bits per heavy atom. The molecule has 3 aromatic rings. The van der Waals surface area contributed by atoms with Gasteiger partial charge < -0.3 is 19.1 Å². The first-order valence-electron chi connectivity index (χ1n) is 11.7. The van der Waals surface area contributed by atoms with Crippen LogP contribution in [0.25, 0.3) is 0 Å². The fourth-order valence-corrected chi connectivity index (χ4v) is 4.76. The van der Waals surface area contributed by atoms with Gasteiger partial charge in [-0.3, -0.25) is 0 Å². The predicted molar refractivity (Wildman–Crippen MR) is 135 cm³/mol. The SMILES string of the molecule is CCOC(=O)C1(C(=O)OCC)C(c2ccccc2)C(C(=O)Oc2ccccc2)N1c1ccc(Cl)cc1. The van der Waals surface area contributed by atoms with Crippen LogP contribution in [0.4, 0.5) is 5.69 Å². The molecule has 8 heteroatoms. The zero-order chi connectivity index (χ0) is 25.7. The van der Waals surface area contributed by atoms with Crippen LogP contribution in [0.15, 0.2) is 84.9 Å². The Morgan fingerprint density at radius 1 is 0.806 bits per heavy atom. The Hall–Kier alpha value is -3.84. The van der Waals surface area contributed by atoms with E-state index < -0.39 is 35.4 Å². The van der Waals surface area contributed by atoms with Crippen LogP contribution >= 0.6 is 11.6 Å². The van der Waals surface area contributed by atoms with Crippen LogP contribution in [-0.4, -0.2) is 42.7 Å². The van der Waals surface area contributed by atoms with Crippen molar-refractivity contribution in [1.82, 2.24) is 0 Å². The van der Waals surface area contributed by atoms with Crippen LogP contribution in [0.1, 0.15) is 25.3 Å². The number of hydrogen-bond acceptors (Lipinski definition) is 7. The van der Waals surface area contributed by atoms with E-state index in [2.05, 4.69) is 0 Å². The highest BCUT2D eigenvalue weighted by Gasteiger charge is 2.74. The van der Waals surface area contributed by atoms with Crippen molar-refractivity contribution in [3.8, 4) is 5.75 Å². The number of carbonyl (C=O) groups excluding carboxylic acids is 3. The maximum absolute atomic E-state index is 13.7. The lowest BCUT2D eigenvalue weighted by Gasteiger charge is -2.59. The Morgan fingerprint density at radius 3 is 1.86 bits per heavy atom. The van der Waals surface area contributed by atoms with Crippen molar-refractivity contribution in [2.45, 2.75) is 31.3 Å². The summed E-state index contributed by atoms with van der Waals surface area (Å²) in [5.74, 6) is -2.85. The van der Waals surface area contributed by atoms with Crippen LogP contribution in [0.3, 0.4) is 0 Å². The minimum absolute atomic E-state index is 0.0368. The largest absolute Gasteiger partial charge is 0.464 e. The van der Waals surface area contributed by atoms with Crippen molar-refractivity contribution < 1.29 is 28.6 Å². The van der Waals surface area contributed by atoms with Crippen LogP contribution in [-0.2, 0) is 23.9 Å². The molecule has 2 atom stereocenters. The summed E-state index contributed by atoms with van der Waals surface area (Å²) in [5, 5.41) is 0.458. The fraction of sp³-hybridized carbons (Fsp3) is 0.250. The van der Waals surface area contributed by atoms with Gasteiger partial charge in [-0.05, 0) is 55.8 Å². The second-order valence-electron chi connectivity index (χ2n) is 8.12. The summed E-state index contributed by atoms with van der Waals surface area (Å²) < 4.78 is 16.6. The number of nitrogens with zero attached hydrogens (tertiary/aromatic N) is 1. The first kappa shape index (κ1) is 25.3. The molecular formula is C28H26ClNO6. The van der Waals surface area contributed by atoms with Gasteiger partial charge in [0, 0.05) is 10.7 Å². The van der Waals surface area contributed by atoms with Gasteiger partial charge in [0.15, 0.2) is 0 Å². The molecule has 0 saturated carbocycles. The van der Waals surface area contributed by atoms with Crippen LogP contribution in [0, 0.1) is 0 Å². The lowest BCUT2D eigenvalue weighted by Crippen LogP contribution is -2.81. The molecule has 7 nitrogen and oxygen atoms in total. The molecule has 0 bridgehead atoms. The van der Waals surface area contributed by atoms with Crippen molar-refractivity contribution in [3.05, 3.63) is 95.5 Å². The average molecular weight is 508 g/mol. The molecule has 3 aromatic carbocycles. The molecule has 1 heterocycles. The predicted octanol–water partition coefficient (Wildman–Crippen LogP) is 4.78. The van der Waals surface area contributed by atoms with Gasteiger partial charge in [0.1, 0.15) is 11.8 Å². The van der Waals surface area contributed by atoms with Gasteiger partial charge >= 0.3 is 17.9 Å². The summed E-state index contributed by atoms with van der Waals surface area (Å²) in [4.78, 5) is 42.5. The highest BCUT2D eigenvalue weighted by molar-refractivity contribution is 6.30. The molecule has 4 rings (SSSR count). The summed E-state index contributed by atoms with van der Waals surface area (Å²) in [6, 6.07) is 23.0. The first-order valence-corrected chi connectivity index (χ1v) is 12.0. The molecule has 0 radical (unpaired) electrons. The van der Waals surface area contributed by atoms with E-state index >= 15 is 0 Å². The second kappa shape index (κ2) is 10.8. The zero-order valence-corrected chi connectivity index (χ0v) is 20.7. The van der Waals surface area contributed by atoms with Crippen molar-refractivity contribution in [1.29, 1.82) is 0 Å². The number of halogens is 1. The van der Waals surface area contributed by atoms with E-state index in [4.69, 9.17) is 25.8 Å². The third kappa shape index (κ3) is 4.42. The zero-order valence-electron chi connectivity index (χ0n) is 19.9. The maximum Gasteiger partial charge on any atom is 0.344 e. The van der Waals surface area contributed by atoms with Gasteiger partial charge in [0.25, 0.3) is 0 Å². The number of para-hydroxylation sites is 1. The smallest absolute Gasteiger partial charge is 0.344 e. The molecule has 36 heavy (non-hydrogen) atoms. The molecule has 0 N–H and O–H groups in total. The molecule has 0 spiro atoms. The van der Waals surface area contributed by atoms with Crippen molar-refractivity contribution in [2.75, 3.05) is 18.1 Å². The number of anilines is 1. The average Bonchev–Trinajstić information content (AvgIpc) is 2.86. The van der Waals surface area contributed by atoms with Crippen LogP contribution in [0.5, 0.6) is 5.75 Å². The number of ether oxygens (including phenoxy) is 3. The normalized spacial score (nSPS) is 18.0. The van der Waals surface area contributed by atoms with E-state index in [1.807, 2.05) is 6.07 Å². The minimum atomic E-state index is -1.96. The molecule has 0 amide bonds. The third-order valence-electron chi connectivity index (χ3n) is 6.06. The van der Waals surface area contributed by atoms with E-state index in [0.29, 0.717) is 22.0 Å². The standard InChI is InChI=1S/C28H26ClNO6/c1-3-34-26(32)28(27(33)35-4-2)23(19-11-7-5-8-12-19)24(25(31)36-22-13-9-6-10-14-22)30(28)21-17-15-20(29)16-18-21/h5-18,23-24H,3-4H2,1-2H3. The van der Waals surface area contributed by atoms with Gasteiger partial charge in [-0.15, -0.1) is 0 Å². The highest BCUT2D eigenvalue weighted by Crippen LogP contribution is 2.53.